The van der Waals surface area contributed by atoms with E-state index in [9.17, 15) is 0 Å². The van der Waals surface area contributed by atoms with Crippen LogP contribution in [0.3, 0.4) is 0 Å². The molecule has 0 bridgehead atoms. The molecule has 1 aromatic heterocycles. The third-order valence-corrected chi connectivity index (χ3v) is 3.30. The van der Waals surface area contributed by atoms with E-state index in [2.05, 4.69) is 32.7 Å². The third-order valence-electron chi connectivity index (χ3n) is 2.40. The lowest BCUT2D eigenvalue weighted by molar-refractivity contribution is 0.611. The molecule has 1 aromatic rings. The first kappa shape index (κ1) is 10.7. The number of hydrogen-bond acceptors (Lipinski definition) is 2. The molecule has 0 fully saturated rings. The van der Waals surface area contributed by atoms with Gasteiger partial charge in [0.15, 0.2) is 0 Å². The molecule has 13 heavy (non-hydrogen) atoms. The molecule has 1 atom stereocenters. The fourth-order valence-corrected chi connectivity index (χ4v) is 2.59. The van der Waals surface area contributed by atoms with E-state index in [-0.39, 0.29) is 0 Å². The van der Waals surface area contributed by atoms with Gasteiger partial charge in [-0.2, -0.15) is 0 Å². The van der Waals surface area contributed by atoms with Crippen LogP contribution in [0.25, 0.3) is 0 Å². The predicted molar refractivity (Wildman–Crippen MR) is 59.5 cm³/mol. The lowest BCUT2D eigenvalue weighted by Crippen LogP contribution is -1.95. The van der Waals surface area contributed by atoms with Crippen LogP contribution < -0.4 is 0 Å². The molecule has 74 valence electrons. The average Bonchev–Trinajstić information content (AvgIpc) is 2.41. The Labute approximate surface area is 85.2 Å². The van der Waals surface area contributed by atoms with Gasteiger partial charge in [0.1, 0.15) is 0 Å². The molecule has 0 N–H and O–H groups in total. The van der Waals surface area contributed by atoms with Crippen molar-refractivity contribution in [1.29, 1.82) is 0 Å². The largest absolute Gasteiger partial charge is 0.246 e. The quantitative estimate of drug-likeness (QED) is 0.709. The van der Waals surface area contributed by atoms with Crippen LogP contribution in [-0.4, -0.2) is 4.98 Å². The van der Waals surface area contributed by atoms with E-state index in [1.165, 1.54) is 34.8 Å². The Morgan fingerprint density at radius 2 is 2.08 bits per heavy atom. The van der Waals surface area contributed by atoms with Gasteiger partial charge in [0, 0.05) is 4.88 Å². The van der Waals surface area contributed by atoms with Crippen LogP contribution in [0, 0.1) is 13.8 Å². The van der Waals surface area contributed by atoms with E-state index in [0.29, 0.717) is 5.92 Å². The van der Waals surface area contributed by atoms with Crippen LogP contribution >= 0.6 is 11.3 Å². The molecular formula is C11H19NS. The zero-order valence-corrected chi connectivity index (χ0v) is 9.87. The van der Waals surface area contributed by atoms with Gasteiger partial charge in [0.05, 0.1) is 10.7 Å². The van der Waals surface area contributed by atoms with Gasteiger partial charge < -0.3 is 0 Å². The summed E-state index contributed by atoms with van der Waals surface area (Å²) in [5.74, 6) is 0.643. The minimum absolute atomic E-state index is 0.643. The second-order valence-corrected chi connectivity index (χ2v) is 5.12. The van der Waals surface area contributed by atoms with Crippen molar-refractivity contribution in [2.24, 2.45) is 0 Å². The summed E-state index contributed by atoms with van der Waals surface area (Å²) in [5, 5.41) is 1.20. The minimum atomic E-state index is 0.643. The maximum absolute atomic E-state index is 4.58. The number of hydrogen-bond donors (Lipinski definition) is 0. The van der Waals surface area contributed by atoms with E-state index in [1.807, 2.05) is 11.3 Å². The molecule has 0 radical (unpaired) electrons. The Morgan fingerprint density at radius 1 is 1.38 bits per heavy atom. The van der Waals surface area contributed by atoms with Crippen LogP contribution in [0.1, 0.15) is 54.6 Å². The van der Waals surface area contributed by atoms with Crippen LogP contribution in [-0.2, 0) is 0 Å². The summed E-state index contributed by atoms with van der Waals surface area (Å²) in [5.41, 5.74) is 1.33. The van der Waals surface area contributed by atoms with Crippen molar-refractivity contribution in [3.63, 3.8) is 0 Å². The molecule has 1 nitrogen and oxygen atoms in total. The number of rotatable bonds is 4. The van der Waals surface area contributed by atoms with Gasteiger partial charge in [0.25, 0.3) is 0 Å². The minimum Gasteiger partial charge on any atom is -0.246 e. The monoisotopic (exact) mass is 197 g/mol. The molecule has 0 aromatic carbocycles. The maximum atomic E-state index is 4.58. The van der Waals surface area contributed by atoms with Crippen molar-refractivity contribution in [3.8, 4) is 0 Å². The molecule has 1 unspecified atom stereocenters. The van der Waals surface area contributed by atoms with E-state index < -0.39 is 0 Å². The Kier molecular flexibility index (Phi) is 3.91. The topological polar surface area (TPSA) is 12.9 Å². The molecule has 0 spiro atoms. The highest BCUT2D eigenvalue weighted by molar-refractivity contribution is 7.11. The molecule has 2 heteroatoms. The van der Waals surface area contributed by atoms with Crippen molar-refractivity contribution in [2.45, 2.75) is 52.9 Å². The van der Waals surface area contributed by atoms with E-state index in [0.717, 1.165) is 0 Å². The Morgan fingerprint density at radius 3 is 2.54 bits per heavy atom. The predicted octanol–water partition coefficient (Wildman–Crippen LogP) is 4.05. The van der Waals surface area contributed by atoms with Crippen molar-refractivity contribution >= 4 is 11.3 Å². The summed E-state index contributed by atoms with van der Waals surface area (Å²) >= 11 is 1.82. The summed E-state index contributed by atoms with van der Waals surface area (Å²) in [6.45, 7) is 8.80. The van der Waals surface area contributed by atoms with E-state index in [4.69, 9.17) is 0 Å². The van der Waals surface area contributed by atoms with Gasteiger partial charge in [-0.3, -0.25) is 0 Å². The van der Waals surface area contributed by atoms with Crippen molar-refractivity contribution < 1.29 is 0 Å². The van der Waals surface area contributed by atoms with Gasteiger partial charge in [0.2, 0.25) is 0 Å². The fraction of sp³-hybridized carbons (Fsp3) is 0.727. The Balaban J connectivity index is 2.64. The highest BCUT2D eigenvalue weighted by atomic mass is 32.1. The summed E-state index contributed by atoms with van der Waals surface area (Å²) in [6, 6.07) is 0. The summed E-state index contributed by atoms with van der Waals surface area (Å²) in [6.07, 6.45) is 3.88. The maximum Gasteiger partial charge on any atom is 0.0900 e. The molecule has 1 rings (SSSR count). The smallest absolute Gasteiger partial charge is 0.0900 e. The molecule has 0 amide bonds. The van der Waals surface area contributed by atoms with Crippen molar-refractivity contribution in [2.75, 3.05) is 0 Å². The average molecular weight is 197 g/mol. The fourth-order valence-electron chi connectivity index (χ4n) is 1.65. The molecule has 0 aliphatic heterocycles. The van der Waals surface area contributed by atoms with Gasteiger partial charge in [-0.15, -0.1) is 11.3 Å². The summed E-state index contributed by atoms with van der Waals surface area (Å²) in [7, 11) is 0. The number of nitrogens with zero attached hydrogens (tertiary/aromatic N) is 1. The van der Waals surface area contributed by atoms with Crippen LogP contribution in [0.4, 0.5) is 0 Å². The Hall–Kier alpha value is -0.370. The van der Waals surface area contributed by atoms with Gasteiger partial charge in [-0.1, -0.05) is 26.7 Å². The first-order valence-corrected chi connectivity index (χ1v) is 5.90. The SMILES string of the molecule is CCCCC(C)c1nc(C)sc1C. The second kappa shape index (κ2) is 4.75. The second-order valence-electron chi connectivity index (χ2n) is 3.72. The molecule has 0 saturated heterocycles. The van der Waals surface area contributed by atoms with Crippen molar-refractivity contribution in [3.05, 3.63) is 15.6 Å². The summed E-state index contributed by atoms with van der Waals surface area (Å²) in [4.78, 5) is 5.99. The van der Waals surface area contributed by atoms with Gasteiger partial charge in [-0.25, -0.2) is 4.98 Å². The Bertz CT molecular complexity index is 265. The molecule has 0 aliphatic carbocycles. The summed E-state index contributed by atoms with van der Waals surface area (Å²) < 4.78 is 0. The number of unbranched alkanes of at least 4 members (excludes halogenated alkanes) is 1. The first-order valence-electron chi connectivity index (χ1n) is 5.09. The van der Waals surface area contributed by atoms with E-state index >= 15 is 0 Å². The lowest BCUT2D eigenvalue weighted by Gasteiger charge is -2.08. The number of aryl methyl sites for hydroxylation is 2. The number of thiazole rings is 1. The standard InChI is InChI=1S/C11H19NS/c1-5-6-7-8(2)11-9(3)13-10(4)12-11/h8H,5-7H2,1-4H3. The van der Waals surface area contributed by atoms with Crippen molar-refractivity contribution in [1.82, 2.24) is 4.98 Å². The van der Waals surface area contributed by atoms with Crippen LogP contribution in [0.15, 0.2) is 0 Å². The third kappa shape index (κ3) is 2.80. The molecule has 0 aliphatic rings. The molecule has 0 saturated carbocycles. The van der Waals surface area contributed by atoms with Gasteiger partial charge >= 0.3 is 0 Å². The van der Waals surface area contributed by atoms with Gasteiger partial charge in [-0.05, 0) is 26.2 Å². The molecule has 1 heterocycles. The van der Waals surface area contributed by atoms with Crippen LogP contribution in [0.2, 0.25) is 0 Å². The first-order chi connectivity index (χ1) is 6.15. The van der Waals surface area contributed by atoms with Crippen LogP contribution in [0.5, 0.6) is 0 Å². The molecular weight excluding hydrogens is 178 g/mol. The zero-order chi connectivity index (χ0) is 9.84. The highest BCUT2D eigenvalue weighted by Gasteiger charge is 2.11. The normalized spacial score (nSPS) is 13.2. The number of aromatic nitrogens is 1. The lowest BCUT2D eigenvalue weighted by atomic mass is 10.0. The zero-order valence-electron chi connectivity index (χ0n) is 9.05. The highest BCUT2D eigenvalue weighted by Crippen LogP contribution is 2.27. The van der Waals surface area contributed by atoms with E-state index in [1.54, 1.807) is 0 Å².